The van der Waals surface area contributed by atoms with E-state index in [1.807, 2.05) is 30.3 Å². The maximum absolute atomic E-state index is 5.79. The highest BCUT2D eigenvalue weighted by molar-refractivity contribution is 5.20. The maximum Gasteiger partial charge on any atom is 0.119 e. The molecule has 0 aliphatic rings. The molecule has 0 amide bonds. The maximum atomic E-state index is 5.79. The van der Waals surface area contributed by atoms with Gasteiger partial charge in [0.25, 0.3) is 0 Å². The average molecular weight is 263 g/mol. The molecule has 2 nitrogen and oxygen atoms in total. The number of nitrogens with one attached hydrogen (secondary N) is 1. The van der Waals surface area contributed by atoms with E-state index in [0.29, 0.717) is 17.8 Å². The molecule has 19 heavy (non-hydrogen) atoms. The number of rotatable bonds is 9. The third-order valence-electron chi connectivity index (χ3n) is 3.40. The Hall–Kier alpha value is -1.02. The van der Waals surface area contributed by atoms with Gasteiger partial charge in [-0.25, -0.2) is 0 Å². The Morgan fingerprint density at radius 2 is 1.68 bits per heavy atom. The molecular weight excluding hydrogens is 234 g/mol. The van der Waals surface area contributed by atoms with E-state index in [1.165, 1.54) is 0 Å². The Kier molecular flexibility index (Phi) is 7.57. The van der Waals surface area contributed by atoms with Gasteiger partial charge in [0.2, 0.25) is 0 Å². The lowest BCUT2D eigenvalue weighted by atomic mass is 9.92. The van der Waals surface area contributed by atoms with Gasteiger partial charge in [0.15, 0.2) is 0 Å². The summed E-state index contributed by atoms with van der Waals surface area (Å²) in [4.78, 5) is 0. The van der Waals surface area contributed by atoms with Crippen LogP contribution in [-0.2, 0) is 0 Å². The second-order valence-electron chi connectivity index (χ2n) is 6.01. The highest BCUT2D eigenvalue weighted by atomic mass is 16.5. The van der Waals surface area contributed by atoms with Gasteiger partial charge in [0.05, 0.1) is 6.61 Å². The highest BCUT2D eigenvalue weighted by Crippen LogP contribution is 2.16. The average Bonchev–Trinajstić information content (AvgIpc) is 2.37. The SMILES string of the molecule is CC(C)CNCC(CCOc1ccccc1)C(C)C. The second-order valence-corrected chi connectivity index (χ2v) is 6.01. The second kappa shape index (κ2) is 8.98. The lowest BCUT2D eigenvalue weighted by Gasteiger charge is -2.22. The molecule has 0 saturated heterocycles. The van der Waals surface area contributed by atoms with Crippen LogP contribution in [0.2, 0.25) is 0 Å². The molecule has 0 aromatic heterocycles. The summed E-state index contributed by atoms with van der Waals surface area (Å²) in [5.41, 5.74) is 0. The molecule has 0 aliphatic heterocycles. The van der Waals surface area contributed by atoms with Crippen LogP contribution in [0.4, 0.5) is 0 Å². The minimum Gasteiger partial charge on any atom is -0.494 e. The van der Waals surface area contributed by atoms with E-state index in [4.69, 9.17) is 4.74 Å². The molecule has 1 unspecified atom stereocenters. The van der Waals surface area contributed by atoms with E-state index < -0.39 is 0 Å². The molecule has 1 atom stereocenters. The van der Waals surface area contributed by atoms with Crippen molar-refractivity contribution < 1.29 is 4.74 Å². The van der Waals surface area contributed by atoms with Crippen molar-refractivity contribution in [3.8, 4) is 5.75 Å². The summed E-state index contributed by atoms with van der Waals surface area (Å²) >= 11 is 0. The minimum absolute atomic E-state index is 0.683. The van der Waals surface area contributed by atoms with Crippen molar-refractivity contribution in [2.24, 2.45) is 17.8 Å². The zero-order chi connectivity index (χ0) is 14.1. The Bertz CT molecular complexity index is 321. The molecule has 0 fully saturated rings. The summed E-state index contributed by atoms with van der Waals surface area (Å²) in [5.74, 6) is 3.06. The van der Waals surface area contributed by atoms with Gasteiger partial charge in [-0.3, -0.25) is 0 Å². The van der Waals surface area contributed by atoms with Gasteiger partial charge in [-0.1, -0.05) is 45.9 Å². The number of hydrogen-bond acceptors (Lipinski definition) is 2. The number of benzene rings is 1. The van der Waals surface area contributed by atoms with Crippen molar-refractivity contribution in [3.63, 3.8) is 0 Å². The van der Waals surface area contributed by atoms with Crippen molar-refractivity contribution >= 4 is 0 Å². The summed E-state index contributed by atoms with van der Waals surface area (Å²) < 4.78 is 5.79. The van der Waals surface area contributed by atoms with Gasteiger partial charge < -0.3 is 10.1 Å². The van der Waals surface area contributed by atoms with Crippen molar-refractivity contribution in [2.45, 2.75) is 34.1 Å². The fourth-order valence-electron chi connectivity index (χ4n) is 2.07. The molecule has 0 spiro atoms. The third kappa shape index (κ3) is 7.22. The molecule has 0 aliphatic carbocycles. The molecule has 0 heterocycles. The summed E-state index contributed by atoms with van der Waals surface area (Å²) in [6.07, 6.45) is 1.11. The fraction of sp³-hybridized carbons (Fsp3) is 0.647. The first-order valence-corrected chi connectivity index (χ1v) is 7.48. The van der Waals surface area contributed by atoms with E-state index in [1.54, 1.807) is 0 Å². The van der Waals surface area contributed by atoms with Crippen LogP contribution in [0.3, 0.4) is 0 Å². The molecule has 1 aromatic carbocycles. The monoisotopic (exact) mass is 263 g/mol. The van der Waals surface area contributed by atoms with Crippen LogP contribution in [-0.4, -0.2) is 19.7 Å². The first kappa shape index (κ1) is 16.0. The topological polar surface area (TPSA) is 21.3 Å². The van der Waals surface area contributed by atoms with Crippen LogP contribution in [0.15, 0.2) is 30.3 Å². The summed E-state index contributed by atoms with van der Waals surface area (Å²) in [7, 11) is 0. The van der Waals surface area contributed by atoms with E-state index >= 15 is 0 Å². The molecular formula is C17H29NO. The minimum atomic E-state index is 0.683. The van der Waals surface area contributed by atoms with Crippen molar-refractivity contribution in [2.75, 3.05) is 19.7 Å². The molecule has 2 heteroatoms. The van der Waals surface area contributed by atoms with Gasteiger partial charge in [-0.05, 0) is 49.4 Å². The molecule has 1 aromatic rings. The van der Waals surface area contributed by atoms with Crippen LogP contribution in [0.5, 0.6) is 5.75 Å². The van der Waals surface area contributed by atoms with Crippen molar-refractivity contribution in [3.05, 3.63) is 30.3 Å². The zero-order valence-corrected chi connectivity index (χ0v) is 12.9. The predicted molar refractivity (Wildman–Crippen MR) is 82.6 cm³/mol. The fourth-order valence-corrected chi connectivity index (χ4v) is 2.07. The van der Waals surface area contributed by atoms with Crippen LogP contribution in [0.25, 0.3) is 0 Å². The zero-order valence-electron chi connectivity index (χ0n) is 12.9. The van der Waals surface area contributed by atoms with E-state index in [2.05, 4.69) is 33.0 Å². The molecule has 1 N–H and O–H groups in total. The van der Waals surface area contributed by atoms with E-state index in [-0.39, 0.29) is 0 Å². The van der Waals surface area contributed by atoms with Crippen LogP contribution in [0, 0.1) is 17.8 Å². The molecule has 0 radical (unpaired) electrons. The van der Waals surface area contributed by atoms with Crippen LogP contribution >= 0.6 is 0 Å². The molecule has 0 bridgehead atoms. The highest BCUT2D eigenvalue weighted by Gasteiger charge is 2.13. The first-order valence-electron chi connectivity index (χ1n) is 7.48. The van der Waals surface area contributed by atoms with Crippen molar-refractivity contribution in [1.82, 2.24) is 5.32 Å². The number of para-hydroxylation sites is 1. The van der Waals surface area contributed by atoms with Crippen LogP contribution < -0.4 is 10.1 Å². The standard InChI is InChI=1S/C17H29NO/c1-14(2)12-18-13-16(15(3)4)10-11-19-17-8-6-5-7-9-17/h5-9,14-16,18H,10-13H2,1-4H3. The third-order valence-corrected chi connectivity index (χ3v) is 3.40. The van der Waals surface area contributed by atoms with Crippen molar-refractivity contribution in [1.29, 1.82) is 0 Å². The van der Waals surface area contributed by atoms with E-state index in [0.717, 1.165) is 31.9 Å². The summed E-state index contributed by atoms with van der Waals surface area (Å²) in [5, 5.41) is 3.56. The largest absolute Gasteiger partial charge is 0.494 e. The lowest BCUT2D eigenvalue weighted by Crippen LogP contribution is -2.30. The van der Waals surface area contributed by atoms with Crippen LogP contribution in [0.1, 0.15) is 34.1 Å². The number of ether oxygens (including phenoxy) is 1. The lowest BCUT2D eigenvalue weighted by molar-refractivity contribution is 0.242. The molecule has 108 valence electrons. The Balaban J connectivity index is 2.25. The molecule has 1 rings (SSSR count). The first-order chi connectivity index (χ1) is 9.09. The predicted octanol–water partition coefficient (Wildman–Crippen LogP) is 3.97. The number of hydrogen-bond donors (Lipinski definition) is 1. The van der Waals surface area contributed by atoms with E-state index in [9.17, 15) is 0 Å². The quantitative estimate of drug-likeness (QED) is 0.728. The Morgan fingerprint density at radius 1 is 1.00 bits per heavy atom. The van der Waals surface area contributed by atoms with Gasteiger partial charge in [-0.2, -0.15) is 0 Å². The van der Waals surface area contributed by atoms with Gasteiger partial charge in [0, 0.05) is 0 Å². The molecule has 0 saturated carbocycles. The smallest absolute Gasteiger partial charge is 0.119 e. The summed E-state index contributed by atoms with van der Waals surface area (Å²) in [6, 6.07) is 10.1. The van der Waals surface area contributed by atoms with Gasteiger partial charge in [-0.15, -0.1) is 0 Å². The Labute approximate surface area is 118 Å². The van der Waals surface area contributed by atoms with Gasteiger partial charge in [0.1, 0.15) is 5.75 Å². The Morgan fingerprint density at radius 3 is 2.26 bits per heavy atom. The summed E-state index contributed by atoms with van der Waals surface area (Å²) in [6.45, 7) is 12.1. The van der Waals surface area contributed by atoms with Gasteiger partial charge >= 0.3 is 0 Å². The normalized spacial score (nSPS) is 12.9.